The number of hydrogen-bond donors (Lipinski definition) is 0. The van der Waals surface area contributed by atoms with E-state index in [9.17, 15) is 9.59 Å². The number of carbonyl (C=O) groups excluding carboxylic acids is 2. The molecule has 1 aliphatic carbocycles. The molecule has 4 rings (SSSR count). The topological polar surface area (TPSA) is 54.6 Å². The molecule has 1 atom stereocenters. The van der Waals surface area contributed by atoms with Crippen LogP contribution in [0.1, 0.15) is 19.4 Å². The van der Waals surface area contributed by atoms with Gasteiger partial charge in [0, 0.05) is 18.2 Å². The van der Waals surface area contributed by atoms with Crippen LogP contribution in [0.4, 0.5) is 5.82 Å². The summed E-state index contributed by atoms with van der Waals surface area (Å²) < 4.78 is 0. The lowest BCUT2D eigenvalue weighted by atomic mass is 9.57. The Morgan fingerprint density at radius 2 is 1.79 bits per heavy atom. The third-order valence-electron chi connectivity index (χ3n) is 5.59. The molecular weight excluding hydrogens is 350 g/mol. The molecule has 0 saturated heterocycles. The fourth-order valence-electron chi connectivity index (χ4n) is 4.21. The second-order valence-corrected chi connectivity index (χ2v) is 7.49. The predicted octanol–water partition coefficient (Wildman–Crippen LogP) is 3.70. The van der Waals surface area contributed by atoms with Crippen molar-refractivity contribution in [3.8, 4) is 0 Å². The number of hydrogen-bond acceptors (Lipinski definition) is 3. The molecular formula is C23H19N3O2. The van der Waals surface area contributed by atoms with Gasteiger partial charge in [-0.25, -0.2) is 9.83 Å². The van der Waals surface area contributed by atoms with Crippen molar-refractivity contribution in [1.82, 2.24) is 4.98 Å². The van der Waals surface area contributed by atoms with Crippen molar-refractivity contribution >= 4 is 17.5 Å². The quantitative estimate of drug-likeness (QED) is 0.599. The maximum Gasteiger partial charge on any atom is 0.245 e. The van der Waals surface area contributed by atoms with E-state index in [1.54, 1.807) is 43.2 Å². The van der Waals surface area contributed by atoms with Gasteiger partial charge in [0.15, 0.2) is 5.78 Å². The van der Waals surface area contributed by atoms with Gasteiger partial charge in [-0.15, -0.1) is 0 Å². The average molecular weight is 369 g/mol. The number of rotatable bonds is 2. The van der Waals surface area contributed by atoms with Crippen molar-refractivity contribution in [3.63, 3.8) is 0 Å². The van der Waals surface area contributed by atoms with Gasteiger partial charge in [0.2, 0.25) is 11.6 Å². The van der Waals surface area contributed by atoms with E-state index in [-0.39, 0.29) is 17.4 Å². The first kappa shape index (κ1) is 17.9. The number of benzene rings is 1. The van der Waals surface area contributed by atoms with E-state index in [1.807, 2.05) is 42.5 Å². The second kappa shape index (κ2) is 6.28. The van der Waals surface area contributed by atoms with Gasteiger partial charge in [-0.1, -0.05) is 62.4 Å². The van der Waals surface area contributed by atoms with Crippen molar-refractivity contribution in [2.24, 2.45) is 5.41 Å². The normalized spacial score (nSPS) is 23.4. The average Bonchev–Trinajstić information content (AvgIpc) is 2.73. The Morgan fingerprint density at radius 1 is 1.07 bits per heavy atom. The number of ketones is 1. The van der Waals surface area contributed by atoms with E-state index in [0.29, 0.717) is 12.4 Å². The number of nitrogens with zero attached hydrogens (tertiary/aromatic N) is 3. The summed E-state index contributed by atoms with van der Waals surface area (Å²) in [6, 6.07) is 14.8. The van der Waals surface area contributed by atoms with Crippen LogP contribution in [0.3, 0.4) is 0 Å². The summed E-state index contributed by atoms with van der Waals surface area (Å²) in [5, 5.41) is 0. The van der Waals surface area contributed by atoms with E-state index < -0.39 is 10.8 Å². The largest absolute Gasteiger partial charge is 0.307 e. The number of Topliss-reactive ketones (excluding diaryl/α,β-unsaturated/α-hetero) is 1. The summed E-state index contributed by atoms with van der Waals surface area (Å²) >= 11 is 0. The molecule has 5 heteroatoms. The highest BCUT2D eigenvalue weighted by Crippen LogP contribution is 2.52. The smallest absolute Gasteiger partial charge is 0.245 e. The number of pyridine rings is 1. The van der Waals surface area contributed by atoms with Crippen molar-refractivity contribution < 1.29 is 9.59 Å². The SMILES string of the molecule is [C-]#[N+]C1=C[C@@]2(c3ccccc3)C(=O)N(c3ccccn3)CC=C2C(C)(C)C1=O. The van der Waals surface area contributed by atoms with Crippen LogP contribution in [-0.2, 0) is 15.0 Å². The Morgan fingerprint density at radius 3 is 2.43 bits per heavy atom. The monoisotopic (exact) mass is 369 g/mol. The number of aromatic nitrogens is 1. The van der Waals surface area contributed by atoms with Gasteiger partial charge in [-0.2, -0.15) is 0 Å². The summed E-state index contributed by atoms with van der Waals surface area (Å²) in [6.07, 6.45) is 5.14. The predicted molar refractivity (Wildman–Crippen MR) is 106 cm³/mol. The number of carbonyl (C=O) groups is 2. The van der Waals surface area contributed by atoms with E-state index in [2.05, 4.69) is 9.83 Å². The highest BCUT2D eigenvalue weighted by atomic mass is 16.2. The Bertz CT molecular complexity index is 1060. The minimum absolute atomic E-state index is 0.00206. The fraction of sp³-hybridized carbons (Fsp3) is 0.217. The van der Waals surface area contributed by atoms with Gasteiger partial charge in [0.1, 0.15) is 11.2 Å². The Hall–Kier alpha value is -3.52. The maximum absolute atomic E-state index is 13.9. The Balaban J connectivity index is 2.03. The van der Waals surface area contributed by atoms with Gasteiger partial charge in [-0.05, 0) is 23.3 Å². The summed E-state index contributed by atoms with van der Waals surface area (Å²) in [7, 11) is 0. The molecule has 2 aliphatic rings. The Labute approximate surface area is 163 Å². The Kier molecular flexibility index (Phi) is 4.01. The van der Waals surface area contributed by atoms with Crippen LogP contribution in [0.25, 0.3) is 4.85 Å². The van der Waals surface area contributed by atoms with E-state index in [1.165, 1.54) is 0 Å². The summed E-state index contributed by atoms with van der Waals surface area (Å²) in [5.41, 5.74) is -0.679. The number of amides is 1. The highest BCUT2D eigenvalue weighted by molar-refractivity contribution is 6.14. The van der Waals surface area contributed by atoms with Gasteiger partial charge in [0.25, 0.3) is 0 Å². The van der Waals surface area contributed by atoms with E-state index in [4.69, 9.17) is 6.57 Å². The van der Waals surface area contributed by atoms with Crippen molar-refractivity contribution in [2.45, 2.75) is 19.3 Å². The van der Waals surface area contributed by atoms with Crippen LogP contribution in [0, 0.1) is 12.0 Å². The van der Waals surface area contributed by atoms with Gasteiger partial charge < -0.3 is 4.79 Å². The molecule has 1 amide bonds. The minimum Gasteiger partial charge on any atom is -0.307 e. The summed E-state index contributed by atoms with van der Waals surface area (Å²) in [6.45, 7) is 11.4. The molecule has 2 aromatic rings. The molecule has 0 spiro atoms. The van der Waals surface area contributed by atoms with E-state index >= 15 is 0 Å². The molecule has 2 heterocycles. The lowest BCUT2D eigenvalue weighted by Gasteiger charge is -2.48. The fourth-order valence-corrected chi connectivity index (χ4v) is 4.21. The molecule has 5 nitrogen and oxygen atoms in total. The molecule has 0 saturated carbocycles. The van der Waals surface area contributed by atoms with Crippen LogP contribution in [0.2, 0.25) is 0 Å². The van der Waals surface area contributed by atoms with Gasteiger partial charge >= 0.3 is 0 Å². The first-order chi connectivity index (χ1) is 13.4. The molecule has 1 aliphatic heterocycles. The summed E-state index contributed by atoms with van der Waals surface area (Å²) in [5.74, 6) is 0.0987. The van der Waals surface area contributed by atoms with Crippen LogP contribution >= 0.6 is 0 Å². The standard InChI is InChI=1S/C23H19N3O2/c1-22(2)18-12-14-26(19-11-7-8-13-25-19)21(28)23(18,15-17(24-3)20(22)27)16-9-5-4-6-10-16/h4-13,15H,14H2,1-2H3/t23-/m0/s1. The molecule has 1 aromatic heterocycles. The lowest BCUT2D eigenvalue weighted by Crippen LogP contribution is -2.57. The number of fused-ring (bicyclic) bond motifs is 1. The zero-order valence-electron chi connectivity index (χ0n) is 15.7. The third kappa shape index (κ3) is 2.35. The number of allylic oxidation sites excluding steroid dienone is 1. The van der Waals surface area contributed by atoms with E-state index in [0.717, 1.165) is 11.1 Å². The zero-order chi connectivity index (χ0) is 19.9. The molecule has 0 radical (unpaired) electrons. The number of anilines is 1. The van der Waals surface area contributed by atoms with Gasteiger partial charge in [0.05, 0.1) is 6.57 Å². The van der Waals surface area contributed by atoms with Crippen LogP contribution in [0.5, 0.6) is 0 Å². The van der Waals surface area contributed by atoms with Crippen LogP contribution < -0.4 is 4.90 Å². The first-order valence-corrected chi connectivity index (χ1v) is 9.07. The molecule has 0 bridgehead atoms. The van der Waals surface area contributed by atoms with Crippen molar-refractivity contribution in [3.05, 3.63) is 95.1 Å². The third-order valence-corrected chi connectivity index (χ3v) is 5.59. The minimum atomic E-state index is -1.20. The molecule has 0 unspecified atom stereocenters. The maximum atomic E-state index is 13.9. The second-order valence-electron chi connectivity index (χ2n) is 7.49. The lowest BCUT2D eigenvalue weighted by molar-refractivity contribution is -0.125. The first-order valence-electron chi connectivity index (χ1n) is 9.07. The van der Waals surface area contributed by atoms with Crippen LogP contribution in [-0.4, -0.2) is 23.2 Å². The highest BCUT2D eigenvalue weighted by Gasteiger charge is 2.56. The van der Waals surface area contributed by atoms with Crippen LogP contribution in [0.15, 0.2) is 78.1 Å². The van der Waals surface area contributed by atoms with Crippen molar-refractivity contribution in [1.29, 1.82) is 0 Å². The molecule has 138 valence electrons. The summed E-state index contributed by atoms with van der Waals surface area (Å²) in [4.78, 5) is 36.2. The zero-order valence-corrected chi connectivity index (χ0v) is 15.7. The molecule has 0 N–H and O–H groups in total. The molecule has 28 heavy (non-hydrogen) atoms. The molecule has 0 fully saturated rings. The van der Waals surface area contributed by atoms with Gasteiger partial charge in [-0.3, -0.25) is 9.69 Å². The van der Waals surface area contributed by atoms with Crippen molar-refractivity contribution in [2.75, 3.05) is 11.4 Å². The molecule has 1 aromatic carbocycles.